The average Bonchev–Trinajstić information content (AvgIpc) is 2.89. The highest BCUT2D eigenvalue weighted by atomic mass is 79.9. The Morgan fingerprint density at radius 3 is 2.62 bits per heavy atom. The predicted octanol–water partition coefficient (Wildman–Crippen LogP) is 3.39. The summed E-state index contributed by atoms with van der Waals surface area (Å²) in [7, 11) is 0. The van der Waals surface area contributed by atoms with Gasteiger partial charge in [0.25, 0.3) is 0 Å². The van der Waals surface area contributed by atoms with Crippen LogP contribution < -0.4 is 5.73 Å². The summed E-state index contributed by atoms with van der Waals surface area (Å²) in [5.41, 5.74) is 8.28. The van der Waals surface area contributed by atoms with Crippen molar-refractivity contribution >= 4 is 33.2 Å². The van der Waals surface area contributed by atoms with Crippen molar-refractivity contribution in [2.24, 2.45) is 0 Å². The topological polar surface area (TPSA) is 69.6 Å². The SMILES string of the molecule is Nc1cccc(Cl)c1-c1nnnn1Cc1ccc(Br)cc1. The molecule has 0 fully saturated rings. The molecule has 0 amide bonds. The van der Waals surface area contributed by atoms with Gasteiger partial charge in [0, 0.05) is 10.2 Å². The molecular weight excluding hydrogens is 354 g/mol. The number of halogens is 2. The van der Waals surface area contributed by atoms with Crippen LogP contribution in [0.2, 0.25) is 5.02 Å². The number of aromatic nitrogens is 4. The molecular formula is C14H11BrClN5. The third-order valence-electron chi connectivity index (χ3n) is 3.05. The van der Waals surface area contributed by atoms with E-state index in [2.05, 4.69) is 31.5 Å². The Labute approximate surface area is 134 Å². The van der Waals surface area contributed by atoms with E-state index in [1.165, 1.54) is 0 Å². The summed E-state index contributed by atoms with van der Waals surface area (Å²) in [6.07, 6.45) is 0. The van der Waals surface area contributed by atoms with Gasteiger partial charge in [0.15, 0.2) is 5.82 Å². The molecule has 0 aliphatic rings. The van der Waals surface area contributed by atoms with E-state index >= 15 is 0 Å². The Morgan fingerprint density at radius 2 is 1.90 bits per heavy atom. The minimum absolute atomic E-state index is 0.529. The van der Waals surface area contributed by atoms with Crippen LogP contribution in [0.3, 0.4) is 0 Å². The third kappa shape index (κ3) is 2.91. The Hall–Kier alpha value is -1.92. The van der Waals surface area contributed by atoms with Crippen LogP contribution >= 0.6 is 27.5 Å². The molecule has 3 rings (SSSR count). The lowest BCUT2D eigenvalue weighted by molar-refractivity contribution is 0.653. The van der Waals surface area contributed by atoms with Crippen LogP contribution in [-0.4, -0.2) is 20.2 Å². The second-order valence-corrected chi connectivity index (χ2v) is 5.81. The van der Waals surface area contributed by atoms with E-state index in [9.17, 15) is 0 Å². The van der Waals surface area contributed by atoms with Gasteiger partial charge in [-0.3, -0.25) is 0 Å². The highest BCUT2D eigenvalue weighted by molar-refractivity contribution is 9.10. The molecule has 7 heteroatoms. The third-order valence-corrected chi connectivity index (χ3v) is 3.89. The van der Waals surface area contributed by atoms with Crippen LogP contribution in [0, 0.1) is 0 Å². The highest BCUT2D eigenvalue weighted by Gasteiger charge is 2.15. The lowest BCUT2D eigenvalue weighted by Crippen LogP contribution is -2.05. The summed E-state index contributed by atoms with van der Waals surface area (Å²) in [4.78, 5) is 0. The number of anilines is 1. The Kier molecular flexibility index (Phi) is 3.90. The fraction of sp³-hybridized carbons (Fsp3) is 0.0714. The largest absolute Gasteiger partial charge is 0.398 e. The van der Waals surface area contributed by atoms with Gasteiger partial charge in [-0.25, -0.2) is 4.68 Å². The molecule has 106 valence electrons. The van der Waals surface area contributed by atoms with Crippen LogP contribution in [0.15, 0.2) is 46.9 Å². The van der Waals surface area contributed by atoms with E-state index in [1.54, 1.807) is 22.9 Å². The van der Waals surface area contributed by atoms with Crippen LogP contribution in [0.5, 0.6) is 0 Å². The maximum atomic E-state index is 6.22. The molecule has 21 heavy (non-hydrogen) atoms. The van der Waals surface area contributed by atoms with Crippen molar-refractivity contribution < 1.29 is 0 Å². The molecule has 1 aromatic heterocycles. The molecule has 0 spiro atoms. The smallest absolute Gasteiger partial charge is 0.185 e. The van der Waals surface area contributed by atoms with Crippen LogP contribution in [0.4, 0.5) is 5.69 Å². The van der Waals surface area contributed by atoms with Crippen LogP contribution in [-0.2, 0) is 6.54 Å². The number of rotatable bonds is 3. The predicted molar refractivity (Wildman–Crippen MR) is 85.9 cm³/mol. The molecule has 2 aromatic carbocycles. The van der Waals surface area contributed by atoms with Gasteiger partial charge in [-0.05, 0) is 40.3 Å². The fourth-order valence-corrected chi connectivity index (χ4v) is 2.56. The second kappa shape index (κ2) is 5.83. The van der Waals surface area contributed by atoms with Gasteiger partial charge in [0.2, 0.25) is 0 Å². The molecule has 2 N–H and O–H groups in total. The standard InChI is InChI=1S/C14H11BrClN5/c15-10-6-4-9(5-7-10)8-21-14(18-19-20-21)13-11(16)2-1-3-12(13)17/h1-7H,8,17H2. The summed E-state index contributed by atoms with van der Waals surface area (Å²) in [6, 6.07) is 13.3. The first kappa shape index (κ1) is 14.0. The minimum Gasteiger partial charge on any atom is -0.398 e. The average molecular weight is 365 g/mol. The summed E-state index contributed by atoms with van der Waals surface area (Å²) < 4.78 is 2.71. The molecule has 0 aliphatic heterocycles. The number of nitrogens with two attached hydrogens (primary N) is 1. The first-order chi connectivity index (χ1) is 10.1. The van der Waals surface area contributed by atoms with Gasteiger partial charge >= 0.3 is 0 Å². The summed E-state index contributed by atoms with van der Waals surface area (Å²) >= 11 is 9.63. The van der Waals surface area contributed by atoms with Gasteiger partial charge in [0.1, 0.15) is 0 Å². The lowest BCUT2D eigenvalue weighted by atomic mass is 10.1. The van der Waals surface area contributed by atoms with Gasteiger partial charge in [-0.15, -0.1) is 5.10 Å². The van der Waals surface area contributed by atoms with Crippen molar-refractivity contribution in [2.75, 3.05) is 5.73 Å². The molecule has 0 atom stereocenters. The molecule has 3 aromatic rings. The molecule has 0 unspecified atom stereocenters. The first-order valence-corrected chi connectivity index (χ1v) is 7.37. The van der Waals surface area contributed by atoms with Gasteiger partial charge < -0.3 is 5.73 Å². The molecule has 1 heterocycles. The zero-order valence-corrected chi connectivity index (χ0v) is 13.2. The van der Waals surface area contributed by atoms with Crippen molar-refractivity contribution in [3.63, 3.8) is 0 Å². The summed E-state index contributed by atoms with van der Waals surface area (Å²) in [6.45, 7) is 0.542. The zero-order chi connectivity index (χ0) is 14.8. The molecule has 0 radical (unpaired) electrons. The Bertz CT molecular complexity index is 749. The van der Waals surface area contributed by atoms with Crippen LogP contribution in [0.1, 0.15) is 5.56 Å². The van der Waals surface area contributed by atoms with Crippen molar-refractivity contribution in [2.45, 2.75) is 6.54 Å². The number of nitrogens with zero attached hydrogens (tertiary/aromatic N) is 4. The highest BCUT2D eigenvalue weighted by Crippen LogP contribution is 2.31. The zero-order valence-electron chi connectivity index (χ0n) is 10.9. The number of hydrogen-bond donors (Lipinski definition) is 1. The minimum atomic E-state index is 0.529. The second-order valence-electron chi connectivity index (χ2n) is 4.49. The summed E-state index contributed by atoms with van der Waals surface area (Å²) in [5.74, 6) is 0.556. The number of benzene rings is 2. The normalized spacial score (nSPS) is 10.8. The first-order valence-electron chi connectivity index (χ1n) is 6.20. The summed E-state index contributed by atoms with van der Waals surface area (Å²) in [5, 5.41) is 12.3. The van der Waals surface area contributed by atoms with Gasteiger partial charge in [-0.2, -0.15) is 0 Å². The van der Waals surface area contributed by atoms with Crippen molar-refractivity contribution in [3.05, 3.63) is 57.5 Å². The maximum Gasteiger partial charge on any atom is 0.185 e. The number of tetrazole rings is 1. The lowest BCUT2D eigenvalue weighted by Gasteiger charge is -2.08. The molecule has 0 aliphatic carbocycles. The van der Waals surface area contributed by atoms with Crippen molar-refractivity contribution in [1.29, 1.82) is 0 Å². The molecule has 0 saturated carbocycles. The van der Waals surface area contributed by atoms with Gasteiger partial charge in [0.05, 0.1) is 17.1 Å². The quantitative estimate of drug-likeness (QED) is 0.723. The van der Waals surface area contributed by atoms with Crippen LogP contribution in [0.25, 0.3) is 11.4 Å². The molecule has 0 bridgehead atoms. The monoisotopic (exact) mass is 363 g/mol. The Balaban J connectivity index is 2.00. The molecule has 0 saturated heterocycles. The number of hydrogen-bond acceptors (Lipinski definition) is 4. The van der Waals surface area contributed by atoms with E-state index in [0.29, 0.717) is 28.6 Å². The van der Waals surface area contributed by atoms with E-state index < -0.39 is 0 Å². The van der Waals surface area contributed by atoms with Crippen molar-refractivity contribution in [1.82, 2.24) is 20.2 Å². The van der Waals surface area contributed by atoms with E-state index in [-0.39, 0.29) is 0 Å². The van der Waals surface area contributed by atoms with E-state index in [0.717, 1.165) is 10.0 Å². The van der Waals surface area contributed by atoms with E-state index in [4.69, 9.17) is 17.3 Å². The fourth-order valence-electron chi connectivity index (χ4n) is 2.03. The van der Waals surface area contributed by atoms with Gasteiger partial charge in [-0.1, -0.05) is 45.7 Å². The number of nitrogen functional groups attached to an aromatic ring is 1. The molecule has 5 nitrogen and oxygen atoms in total. The Morgan fingerprint density at radius 1 is 1.14 bits per heavy atom. The van der Waals surface area contributed by atoms with E-state index in [1.807, 2.05) is 24.3 Å². The maximum absolute atomic E-state index is 6.22. The van der Waals surface area contributed by atoms with Crippen molar-refractivity contribution in [3.8, 4) is 11.4 Å².